The first-order chi connectivity index (χ1) is 12.1. The Bertz CT molecular complexity index is 989. The van der Waals surface area contributed by atoms with E-state index >= 15 is 0 Å². The molecule has 26 heavy (non-hydrogen) atoms. The third kappa shape index (κ3) is 3.52. The first-order valence-corrected chi connectivity index (χ1v) is 11.1. The van der Waals surface area contributed by atoms with E-state index in [0.29, 0.717) is 10.8 Å². The molecule has 1 fully saturated rings. The van der Waals surface area contributed by atoms with Crippen LogP contribution in [0.4, 0.5) is 0 Å². The highest BCUT2D eigenvalue weighted by Crippen LogP contribution is 2.22. The maximum Gasteiger partial charge on any atom is 0.262 e. The first kappa shape index (κ1) is 19.3. The lowest BCUT2D eigenvalue weighted by molar-refractivity contribution is 0.272. The number of piperazine rings is 1. The fourth-order valence-electron chi connectivity index (χ4n) is 2.69. The first-order valence-electron chi connectivity index (χ1n) is 7.88. The summed E-state index contributed by atoms with van der Waals surface area (Å²) >= 11 is 5.80. The highest BCUT2D eigenvalue weighted by Gasteiger charge is 2.34. The minimum atomic E-state index is -3.74. The van der Waals surface area contributed by atoms with Crippen molar-refractivity contribution >= 4 is 31.6 Å². The summed E-state index contributed by atoms with van der Waals surface area (Å²) in [5.41, 5.74) is 0. The van der Waals surface area contributed by atoms with Crippen LogP contribution in [0.3, 0.4) is 0 Å². The third-order valence-electron chi connectivity index (χ3n) is 4.34. The van der Waals surface area contributed by atoms with Crippen molar-refractivity contribution in [2.75, 3.05) is 26.2 Å². The quantitative estimate of drug-likeness (QED) is 0.740. The lowest BCUT2D eigenvalue weighted by Gasteiger charge is -2.32. The zero-order valence-electron chi connectivity index (χ0n) is 14.3. The van der Waals surface area contributed by atoms with E-state index in [4.69, 9.17) is 11.6 Å². The number of imidazole rings is 1. The Balaban J connectivity index is 1.75. The van der Waals surface area contributed by atoms with Crippen LogP contribution in [0.15, 0.2) is 40.4 Å². The van der Waals surface area contributed by atoms with Crippen molar-refractivity contribution in [1.82, 2.24) is 18.2 Å². The number of nitrogens with zero attached hydrogens (tertiary/aromatic N) is 4. The van der Waals surface area contributed by atoms with Gasteiger partial charge in [-0.15, -0.1) is 0 Å². The Morgan fingerprint density at radius 3 is 1.88 bits per heavy atom. The van der Waals surface area contributed by atoms with Gasteiger partial charge in [0.05, 0.1) is 4.90 Å². The van der Waals surface area contributed by atoms with Crippen LogP contribution in [0.25, 0.3) is 0 Å². The molecular weight excluding hydrogens is 400 g/mol. The topological polar surface area (TPSA) is 92.6 Å². The fraction of sp³-hybridized carbons (Fsp3) is 0.400. The molecule has 0 atom stereocenters. The Labute approximate surface area is 158 Å². The highest BCUT2D eigenvalue weighted by molar-refractivity contribution is 7.89. The van der Waals surface area contributed by atoms with Crippen LogP contribution in [-0.4, -0.2) is 61.2 Å². The van der Waals surface area contributed by atoms with Gasteiger partial charge in [-0.25, -0.2) is 21.8 Å². The van der Waals surface area contributed by atoms with Crippen LogP contribution in [-0.2, 0) is 27.1 Å². The predicted molar refractivity (Wildman–Crippen MR) is 96.9 cm³/mol. The van der Waals surface area contributed by atoms with Crippen molar-refractivity contribution in [3.8, 4) is 0 Å². The minimum absolute atomic E-state index is 0.0218. The van der Waals surface area contributed by atoms with Gasteiger partial charge in [0.25, 0.3) is 10.0 Å². The zero-order valence-corrected chi connectivity index (χ0v) is 16.7. The molecule has 8 nitrogen and oxygen atoms in total. The smallest absolute Gasteiger partial charge is 0.262 e. The molecule has 142 valence electrons. The van der Waals surface area contributed by atoms with Gasteiger partial charge in [-0.3, -0.25) is 0 Å². The molecule has 11 heteroatoms. The van der Waals surface area contributed by atoms with Gasteiger partial charge in [0.2, 0.25) is 10.0 Å². The maximum atomic E-state index is 12.7. The lowest BCUT2D eigenvalue weighted by atomic mass is 10.4. The van der Waals surface area contributed by atoms with Crippen molar-refractivity contribution in [3.05, 3.63) is 41.3 Å². The number of rotatable bonds is 4. The Kier molecular flexibility index (Phi) is 5.15. The van der Waals surface area contributed by atoms with E-state index in [0.717, 1.165) is 0 Å². The summed E-state index contributed by atoms with van der Waals surface area (Å²) in [6.45, 7) is 2.03. The standard InChI is InChI=1S/C15H19ClN4O4S2/c1-12-17-15(11-18(12)2)26(23,24)20-9-7-19(8-10-20)25(21,22)14-5-3-13(16)4-6-14/h3-6,11H,7-10H2,1-2H3. The summed E-state index contributed by atoms with van der Waals surface area (Å²) in [6, 6.07) is 5.91. The van der Waals surface area contributed by atoms with Gasteiger partial charge in [-0.2, -0.15) is 8.61 Å². The van der Waals surface area contributed by atoms with Crippen molar-refractivity contribution in [3.63, 3.8) is 0 Å². The van der Waals surface area contributed by atoms with E-state index in [2.05, 4.69) is 4.98 Å². The molecular formula is C15H19ClN4O4S2. The van der Waals surface area contributed by atoms with Crippen LogP contribution in [0.1, 0.15) is 5.82 Å². The van der Waals surface area contributed by atoms with Crippen molar-refractivity contribution < 1.29 is 16.8 Å². The predicted octanol–water partition coefficient (Wildman–Crippen LogP) is 1.08. The number of hydrogen-bond acceptors (Lipinski definition) is 5. The molecule has 0 N–H and O–H groups in total. The number of sulfonamides is 2. The molecule has 0 saturated carbocycles. The molecule has 1 aromatic carbocycles. The van der Waals surface area contributed by atoms with E-state index < -0.39 is 20.0 Å². The molecule has 0 unspecified atom stereocenters. The minimum Gasteiger partial charge on any atom is -0.337 e. The summed E-state index contributed by atoms with van der Waals surface area (Å²) in [5.74, 6) is 0.590. The van der Waals surface area contributed by atoms with Gasteiger partial charge in [-0.05, 0) is 31.2 Å². The molecule has 1 aliphatic rings. The van der Waals surface area contributed by atoms with E-state index in [-0.39, 0.29) is 36.1 Å². The summed E-state index contributed by atoms with van der Waals surface area (Å²) in [4.78, 5) is 4.21. The van der Waals surface area contributed by atoms with Crippen LogP contribution in [0, 0.1) is 6.92 Å². The molecule has 0 bridgehead atoms. The van der Waals surface area contributed by atoms with Crippen molar-refractivity contribution in [1.29, 1.82) is 0 Å². The average molecular weight is 419 g/mol. The third-order valence-corrected chi connectivity index (χ3v) is 8.27. The molecule has 2 aromatic rings. The van der Waals surface area contributed by atoms with Crippen LogP contribution >= 0.6 is 11.6 Å². The van der Waals surface area contributed by atoms with Gasteiger partial charge in [-0.1, -0.05) is 11.6 Å². The van der Waals surface area contributed by atoms with Gasteiger partial charge in [0.1, 0.15) is 5.82 Å². The average Bonchev–Trinajstić information content (AvgIpc) is 2.95. The van der Waals surface area contributed by atoms with E-state index in [1.165, 1.54) is 39.1 Å². The van der Waals surface area contributed by atoms with E-state index in [1.807, 2.05) is 0 Å². The van der Waals surface area contributed by atoms with Crippen molar-refractivity contribution in [2.24, 2.45) is 7.05 Å². The molecule has 1 saturated heterocycles. The number of halogens is 1. The number of aryl methyl sites for hydroxylation is 2. The number of aromatic nitrogens is 2. The Hall–Kier alpha value is -1.46. The number of hydrogen-bond donors (Lipinski definition) is 0. The summed E-state index contributed by atoms with van der Waals surface area (Å²) in [5, 5.41) is 0.428. The molecule has 3 rings (SSSR count). The highest BCUT2D eigenvalue weighted by atomic mass is 35.5. The lowest BCUT2D eigenvalue weighted by Crippen LogP contribution is -2.50. The van der Waals surface area contributed by atoms with Gasteiger partial charge >= 0.3 is 0 Å². The van der Waals surface area contributed by atoms with Gasteiger partial charge < -0.3 is 4.57 Å². The second-order valence-electron chi connectivity index (χ2n) is 6.00. The van der Waals surface area contributed by atoms with E-state index in [1.54, 1.807) is 18.5 Å². The molecule has 1 aromatic heterocycles. The maximum absolute atomic E-state index is 12.7. The molecule has 0 radical (unpaired) electrons. The van der Waals surface area contributed by atoms with Gasteiger partial charge in [0.15, 0.2) is 5.03 Å². The van der Waals surface area contributed by atoms with E-state index in [9.17, 15) is 16.8 Å². The number of benzene rings is 1. The zero-order chi connectivity index (χ0) is 19.1. The monoisotopic (exact) mass is 418 g/mol. The second kappa shape index (κ2) is 6.93. The summed E-state index contributed by atoms with van der Waals surface area (Å²) in [6.07, 6.45) is 1.46. The molecule has 0 amide bonds. The normalized spacial score (nSPS) is 17.5. The summed E-state index contributed by atoms with van der Waals surface area (Å²) in [7, 11) is -5.70. The van der Waals surface area contributed by atoms with Crippen LogP contribution < -0.4 is 0 Å². The Morgan fingerprint density at radius 2 is 1.42 bits per heavy atom. The second-order valence-corrected chi connectivity index (χ2v) is 10.3. The largest absolute Gasteiger partial charge is 0.337 e. The molecule has 2 heterocycles. The molecule has 1 aliphatic heterocycles. The fourth-order valence-corrected chi connectivity index (χ4v) is 5.68. The van der Waals surface area contributed by atoms with Crippen molar-refractivity contribution in [2.45, 2.75) is 16.8 Å². The van der Waals surface area contributed by atoms with Crippen LogP contribution in [0.2, 0.25) is 5.02 Å². The Morgan fingerprint density at radius 1 is 0.923 bits per heavy atom. The molecule has 0 aliphatic carbocycles. The van der Waals surface area contributed by atoms with Gasteiger partial charge in [0, 0.05) is 44.4 Å². The SMILES string of the molecule is Cc1nc(S(=O)(=O)N2CCN(S(=O)(=O)c3ccc(Cl)cc3)CC2)cn1C. The van der Waals surface area contributed by atoms with Crippen LogP contribution in [0.5, 0.6) is 0 Å². The summed E-state index contributed by atoms with van der Waals surface area (Å²) < 4.78 is 54.9. The molecule has 0 spiro atoms.